The largest absolute Gasteiger partial charge is 0.507 e. The molecule has 4 rings (SSSR count). The topological polar surface area (TPSA) is 61.3 Å². The molecule has 25 heavy (non-hydrogen) atoms. The Kier molecular flexibility index (Phi) is 4.12. The lowest BCUT2D eigenvalue weighted by Gasteiger charge is -2.36. The Morgan fingerprint density at radius 3 is 2.80 bits per heavy atom. The van der Waals surface area contributed by atoms with Gasteiger partial charge < -0.3 is 15.3 Å². The lowest BCUT2D eigenvalue weighted by Crippen LogP contribution is -2.50. The number of benzene rings is 1. The van der Waals surface area contributed by atoms with Crippen LogP contribution in [0.3, 0.4) is 0 Å². The van der Waals surface area contributed by atoms with Crippen molar-refractivity contribution in [2.75, 3.05) is 18.0 Å². The Hall–Kier alpha value is -2.14. The SMILES string of the molecule is Cc1ccc(-c2nnc(N3CC[C@H]4NCC(C)C[C@@H]43)cc2C)c(O)c1. The molecule has 3 heterocycles. The number of hydrogen-bond acceptors (Lipinski definition) is 5. The minimum absolute atomic E-state index is 0.261. The molecular formula is C20H26N4O. The van der Waals surface area contributed by atoms with Crippen molar-refractivity contribution >= 4 is 5.82 Å². The van der Waals surface area contributed by atoms with E-state index in [4.69, 9.17) is 0 Å². The zero-order valence-corrected chi connectivity index (χ0v) is 15.2. The van der Waals surface area contributed by atoms with Gasteiger partial charge >= 0.3 is 0 Å². The fourth-order valence-electron chi connectivity index (χ4n) is 4.24. The number of aromatic hydroxyl groups is 1. The molecule has 5 nitrogen and oxygen atoms in total. The number of nitrogens with zero attached hydrogens (tertiary/aromatic N) is 3. The highest BCUT2D eigenvalue weighted by atomic mass is 16.3. The maximum atomic E-state index is 10.2. The second-order valence-corrected chi connectivity index (χ2v) is 7.66. The van der Waals surface area contributed by atoms with Crippen molar-refractivity contribution in [1.29, 1.82) is 0 Å². The van der Waals surface area contributed by atoms with Crippen LogP contribution in [0.1, 0.15) is 30.9 Å². The number of aromatic nitrogens is 2. The van der Waals surface area contributed by atoms with Crippen molar-refractivity contribution in [3.05, 3.63) is 35.4 Å². The number of phenolic OH excluding ortho intramolecular Hbond substituents is 1. The minimum atomic E-state index is 0.261. The number of anilines is 1. The first-order valence-electron chi connectivity index (χ1n) is 9.17. The van der Waals surface area contributed by atoms with E-state index in [2.05, 4.69) is 33.4 Å². The first-order chi connectivity index (χ1) is 12.0. The Morgan fingerprint density at radius 1 is 1.20 bits per heavy atom. The van der Waals surface area contributed by atoms with Crippen molar-refractivity contribution in [1.82, 2.24) is 15.5 Å². The molecule has 1 aromatic carbocycles. The zero-order chi connectivity index (χ0) is 17.6. The lowest BCUT2D eigenvalue weighted by molar-refractivity contribution is 0.310. The molecule has 0 aliphatic carbocycles. The smallest absolute Gasteiger partial charge is 0.151 e. The highest BCUT2D eigenvalue weighted by molar-refractivity contribution is 5.70. The van der Waals surface area contributed by atoms with Gasteiger partial charge in [-0.15, -0.1) is 10.2 Å². The quantitative estimate of drug-likeness (QED) is 0.881. The van der Waals surface area contributed by atoms with Crippen LogP contribution in [0.15, 0.2) is 24.3 Å². The molecule has 1 aromatic heterocycles. The maximum Gasteiger partial charge on any atom is 0.151 e. The number of rotatable bonds is 2. The van der Waals surface area contributed by atoms with Crippen LogP contribution in [0.25, 0.3) is 11.3 Å². The molecule has 2 N–H and O–H groups in total. The van der Waals surface area contributed by atoms with Gasteiger partial charge in [-0.1, -0.05) is 13.0 Å². The maximum absolute atomic E-state index is 10.2. The van der Waals surface area contributed by atoms with Crippen LogP contribution in [0, 0.1) is 19.8 Å². The number of aryl methyl sites for hydroxylation is 2. The molecule has 3 atom stereocenters. The molecule has 2 fully saturated rings. The van der Waals surface area contributed by atoms with Crippen LogP contribution in [0.4, 0.5) is 5.82 Å². The molecule has 2 aromatic rings. The standard InChI is InChI=1S/C20H26N4O/c1-12-4-5-15(18(25)9-12)20-14(3)10-19(22-23-20)24-7-6-16-17(24)8-13(2)11-21-16/h4-5,9-10,13,16-17,21,25H,6-8,11H2,1-3H3/t13?,16-,17+/m1/s1. The van der Waals surface area contributed by atoms with Gasteiger partial charge in [0.1, 0.15) is 5.75 Å². The molecule has 2 aliphatic heterocycles. The van der Waals surface area contributed by atoms with Gasteiger partial charge in [0.15, 0.2) is 5.82 Å². The Labute approximate surface area is 149 Å². The average molecular weight is 338 g/mol. The van der Waals surface area contributed by atoms with Crippen LogP contribution in [0.2, 0.25) is 0 Å². The Balaban J connectivity index is 1.64. The van der Waals surface area contributed by atoms with Gasteiger partial charge in [-0.05, 0) is 68.5 Å². The summed E-state index contributed by atoms with van der Waals surface area (Å²) in [6, 6.07) is 8.87. The van der Waals surface area contributed by atoms with E-state index in [9.17, 15) is 5.11 Å². The van der Waals surface area contributed by atoms with E-state index in [-0.39, 0.29) is 5.75 Å². The van der Waals surface area contributed by atoms with E-state index >= 15 is 0 Å². The van der Waals surface area contributed by atoms with E-state index in [0.29, 0.717) is 18.0 Å². The van der Waals surface area contributed by atoms with Gasteiger partial charge in [0.2, 0.25) is 0 Å². The Bertz CT molecular complexity index is 791. The first kappa shape index (κ1) is 16.3. The van der Waals surface area contributed by atoms with Gasteiger partial charge in [0.25, 0.3) is 0 Å². The molecule has 0 spiro atoms. The van der Waals surface area contributed by atoms with Gasteiger partial charge in [-0.3, -0.25) is 0 Å². The molecule has 0 bridgehead atoms. The van der Waals surface area contributed by atoms with Crippen molar-refractivity contribution in [3.8, 4) is 17.0 Å². The highest BCUT2D eigenvalue weighted by Crippen LogP contribution is 2.34. The number of nitrogens with one attached hydrogen (secondary N) is 1. The Morgan fingerprint density at radius 2 is 2.04 bits per heavy atom. The lowest BCUT2D eigenvalue weighted by atomic mass is 9.92. The summed E-state index contributed by atoms with van der Waals surface area (Å²) in [5.74, 6) is 1.91. The van der Waals surface area contributed by atoms with Gasteiger partial charge in [0, 0.05) is 24.2 Å². The summed E-state index contributed by atoms with van der Waals surface area (Å²) in [6.07, 6.45) is 2.37. The summed E-state index contributed by atoms with van der Waals surface area (Å²) in [5.41, 5.74) is 3.58. The van der Waals surface area contributed by atoms with E-state index in [1.165, 1.54) is 12.8 Å². The molecular weight excluding hydrogens is 312 g/mol. The molecule has 132 valence electrons. The van der Waals surface area contributed by atoms with E-state index < -0.39 is 0 Å². The summed E-state index contributed by atoms with van der Waals surface area (Å²) in [6.45, 7) is 8.46. The predicted molar refractivity (Wildman–Crippen MR) is 99.9 cm³/mol. The van der Waals surface area contributed by atoms with Gasteiger partial charge in [0.05, 0.1) is 5.69 Å². The number of piperidine rings is 1. The fraction of sp³-hybridized carbons (Fsp3) is 0.500. The third-order valence-corrected chi connectivity index (χ3v) is 5.59. The predicted octanol–water partition coefficient (Wildman–Crippen LogP) is 3.04. The third-order valence-electron chi connectivity index (χ3n) is 5.59. The summed E-state index contributed by atoms with van der Waals surface area (Å²) in [4.78, 5) is 2.41. The molecule has 2 aliphatic rings. The van der Waals surface area contributed by atoms with E-state index in [1.807, 2.05) is 26.0 Å². The summed E-state index contributed by atoms with van der Waals surface area (Å²) < 4.78 is 0. The molecule has 0 amide bonds. The second kappa shape index (κ2) is 6.30. The fourth-order valence-corrected chi connectivity index (χ4v) is 4.24. The van der Waals surface area contributed by atoms with Crippen molar-refractivity contribution < 1.29 is 5.11 Å². The number of fused-ring (bicyclic) bond motifs is 1. The van der Waals surface area contributed by atoms with Crippen molar-refractivity contribution in [3.63, 3.8) is 0 Å². The minimum Gasteiger partial charge on any atom is -0.507 e. The van der Waals surface area contributed by atoms with Crippen LogP contribution in [0.5, 0.6) is 5.75 Å². The van der Waals surface area contributed by atoms with Crippen LogP contribution < -0.4 is 10.2 Å². The molecule has 0 saturated carbocycles. The summed E-state index contributed by atoms with van der Waals surface area (Å²) >= 11 is 0. The summed E-state index contributed by atoms with van der Waals surface area (Å²) in [7, 11) is 0. The van der Waals surface area contributed by atoms with Crippen LogP contribution >= 0.6 is 0 Å². The number of phenols is 1. The molecule has 5 heteroatoms. The molecule has 0 radical (unpaired) electrons. The van der Waals surface area contributed by atoms with Crippen LogP contribution in [-0.4, -0.2) is 40.5 Å². The van der Waals surface area contributed by atoms with Crippen LogP contribution in [-0.2, 0) is 0 Å². The monoisotopic (exact) mass is 338 g/mol. The molecule has 1 unspecified atom stereocenters. The van der Waals surface area contributed by atoms with Crippen molar-refractivity contribution in [2.45, 2.75) is 45.7 Å². The summed E-state index contributed by atoms with van der Waals surface area (Å²) in [5, 5.41) is 22.9. The van der Waals surface area contributed by atoms with Gasteiger partial charge in [-0.2, -0.15) is 0 Å². The second-order valence-electron chi connectivity index (χ2n) is 7.66. The number of hydrogen-bond donors (Lipinski definition) is 2. The molecule has 2 saturated heterocycles. The van der Waals surface area contributed by atoms with Crippen molar-refractivity contribution in [2.24, 2.45) is 5.92 Å². The van der Waals surface area contributed by atoms with Gasteiger partial charge in [-0.25, -0.2) is 0 Å². The normalized spacial score (nSPS) is 25.9. The van der Waals surface area contributed by atoms with E-state index in [1.54, 1.807) is 6.07 Å². The average Bonchev–Trinajstić information content (AvgIpc) is 2.98. The zero-order valence-electron chi connectivity index (χ0n) is 15.2. The highest BCUT2D eigenvalue weighted by Gasteiger charge is 2.38. The third kappa shape index (κ3) is 2.97. The van der Waals surface area contributed by atoms with E-state index in [0.717, 1.165) is 41.3 Å². The first-order valence-corrected chi connectivity index (χ1v) is 9.17.